The van der Waals surface area contributed by atoms with Crippen molar-refractivity contribution in [3.8, 4) is 0 Å². The monoisotopic (exact) mass is 577 g/mol. The van der Waals surface area contributed by atoms with Crippen molar-refractivity contribution in [1.82, 2.24) is 19.5 Å². The highest BCUT2D eigenvalue weighted by atomic mass is 32.2. The Morgan fingerprint density at radius 2 is 1.77 bits per heavy atom. The van der Waals surface area contributed by atoms with Crippen molar-refractivity contribution in [3.63, 3.8) is 0 Å². The fourth-order valence-corrected chi connectivity index (χ4v) is 5.74. The molecule has 4 heterocycles. The van der Waals surface area contributed by atoms with Crippen LogP contribution in [0.25, 0.3) is 11.2 Å². The number of nitrogen functional groups attached to an aromatic ring is 1. The summed E-state index contributed by atoms with van der Waals surface area (Å²) in [4.78, 5) is 22.8. The van der Waals surface area contributed by atoms with Crippen LogP contribution in [0.5, 0.6) is 0 Å². The van der Waals surface area contributed by atoms with Gasteiger partial charge in [0, 0.05) is 12.5 Å². The van der Waals surface area contributed by atoms with Crippen molar-refractivity contribution in [2.75, 3.05) is 30.1 Å². The van der Waals surface area contributed by atoms with Crippen molar-refractivity contribution in [3.05, 3.63) is 12.7 Å². The minimum atomic E-state index is -1.35. The van der Waals surface area contributed by atoms with Gasteiger partial charge in [0.15, 0.2) is 24.0 Å². The molecule has 11 atom stereocenters. The maximum Gasteiger partial charge on any atom is 0.173 e. The fourth-order valence-electron chi connectivity index (χ4n) is 4.08. The Balaban J connectivity index is 0.000000293. The van der Waals surface area contributed by atoms with Crippen molar-refractivity contribution in [2.45, 2.75) is 67.6 Å². The Labute approximate surface area is 225 Å². The lowest BCUT2D eigenvalue weighted by Gasteiger charge is -2.38. The average Bonchev–Trinajstić information content (AvgIpc) is 3.45. The summed E-state index contributed by atoms with van der Waals surface area (Å²) in [7, 11) is -0.263. The van der Waals surface area contributed by atoms with Crippen LogP contribution in [0.15, 0.2) is 12.7 Å². The molecule has 0 bridgehead atoms. The number of nitrogens with zero attached hydrogens (tertiary/aromatic N) is 4. The second-order valence-electron chi connectivity index (χ2n) is 9.30. The number of carbonyl (C=O) groups excluding carboxylic acids is 1. The Bertz CT molecular complexity index is 1090. The van der Waals surface area contributed by atoms with Gasteiger partial charge < -0.3 is 67.2 Å². The van der Waals surface area contributed by atoms with Gasteiger partial charge in [0.25, 0.3) is 0 Å². The number of carbonyl (C=O) groups is 1. The molecule has 0 spiro atoms. The van der Waals surface area contributed by atoms with Crippen LogP contribution in [0.2, 0.25) is 0 Å². The van der Waals surface area contributed by atoms with Gasteiger partial charge in [0.2, 0.25) is 0 Å². The summed E-state index contributed by atoms with van der Waals surface area (Å²) in [6.07, 6.45) is -3.69. The maximum atomic E-state index is 10.7. The van der Waals surface area contributed by atoms with Crippen LogP contribution in [-0.2, 0) is 25.2 Å². The number of carboxylic acid groups (broad SMARTS) is 1. The van der Waals surface area contributed by atoms with E-state index in [2.05, 4.69) is 15.0 Å². The van der Waals surface area contributed by atoms with Crippen LogP contribution in [0.4, 0.5) is 5.82 Å². The molecule has 0 radical (unpaired) electrons. The van der Waals surface area contributed by atoms with Crippen LogP contribution in [-0.4, -0.2) is 135 Å². The number of imidazole rings is 1. The topological polar surface area (TPSA) is 302 Å². The fraction of sp³-hybridized carbons (Fsp3) is 0.714. The number of anilines is 1. The zero-order valence-corrected chi connectivity index (χ0v) is 21.8. The third-order valence-corrected chi connectivity index (χ3v) is 8.31. The highest BCUT2D eigenvalue weighted by Gasteiger charge is 2.46. The first kappa shape index (κ1) is 31.3. The quantitative estimate of drug-likeness (QED) is 0.132. The third kappa shape index (κ3) is 7.11. The number of rotatable bonds is 8. The van der Waals surface area contributed by atoms with E-state index in [1.165, 1.54) is 17.2 Å². The summed E-state index contributed by atoms with van der Waals surface area (Å²) in [5.41, 5.74) is 17.3. The van der Waals surface area contributed by atoms with Crippen LogP contribution >= 0.6 is 0 Å². The number of aliphatic carboxylic acids is 1. The van der Waals surface area contributed by atoms with Gasteiger partial charge >= 0.3 is 0 Å². The van der Waals surface area contributed by atoms with Crippen molar-refractivity contribution in [1.29, 1.82) is 0 Å². The summed E-state index contributed by atoms with van der Waals surface area (Å²) in [5, 5.41) is 67.6. The van der Waals surface area contributed by atoms with E-state index in [1.54, 1.807) is 0 Å². The van der Waals surface area contributed by atoms with E-state index in [9.17, 15) is 30.3 Å². The molecule has 4 rings (SSSR count). The number of hydrogen-bond acceptors (Lipinski definition) is 16. The average molecular weight is 578 g/mol. The summed E-state index contributed by atoms with van der Waals surface area (Å²) in [6, 6.07) is -2.06. The SMILES string of the molecule is C[S+](CC[C@H](N)C(=O)[O-])C[C@H]1O[C@@H](n2cnc3c(N)ncnc32)[C@H](O)[C@@H]1O.N[C@H]1C(O)O[C@H](CO)[C@@H](O)[C@@H]1O. The van der Waals surface area contributed by atoms with Crippen molar-refractivity contribution >= 4 is 33.8 Å². The van der Waals surface area contributed by atoms with E-state index < -0.39 is 73.8 Å². The summed E-state index contributed by atoms with van der Waals surface area (Å²) >= 11 is 0. The molecule has 39 heavy (non-hydrogen) atoms. The van der Waals surface area contributed by atoms with E-state index in [0.29, 0.717) is 22.7 Å². The van der Waals surface area contributed by atoms with Crippen LogP contribution in [0.1, 0.15) is 12.6 Å². The van der Waals surface area contributed by atoms with Gasteiger partial charge in [-0.2, -0.15) is 0 Å². The summed E-state index contributed by atoms with van der Waals surface area (Å²) in [6.45, 7) is -0.470. The van der Waals surface area contributed by atoms with Gasteiger partial charge in [-0.05, 0) is 10.9 Å². The second kappa shape index (κ2) is 13.4. The molecule has 12 N–H and O–H groups in total. The minimum Gasteiger partial charge on any atom is -0.548 e. The summed E-state index contributed by atoms with van der Waals surface area (Å²) in [5.74, 6) is -0.0611. The maximum absolute atomic E-state index is 10.7. The molecule has 0 aromatic carbocycles. The van der Waals surface area contributed by atoms with E-state index in [4.69, 9.17) is 36.9 Å². The normalized spacial score (nSPS) is 34.3. The number of hydrogen-bond donors (Lipinski definition) is 9. The molecule has 2 aromatic rings. The van der Waals surface area contributed by atoms with Crippen LogP contribution in [0, 0.1) is 0 Å². The van der Waals surface area contributed by atoms with E-state index >= 15 is 0 Å². The lowest BCUT2D eigenvalue weighted by molar-refractivity contribution is -0.307. The van der Waals surface area contributed by atoms with Gasteiger partial charge in [0.05, 0.1) is 31.2 Å². The molecule has 0 aliphatic carbocycles. The predicted molar refractivity (Wildman–Crippen MR) is 134 cm³/mol. The predicted octanol–water partition coefficient (Wildman–Crippen LogP) is -6.51. The first-order chi connectivity index (χ1) is 18.4. The molecule has 220 valence electrons. The highest BCUT2D eigenvalue weighted by Crippen LogP contribution is 2.32. The van der Waals surface area contributed by atoms with Gasteiger partial charge in [-0.3, -0.25) is 4.57 Å². The largest absolute Gasteiger partial charge is 0.548 e. The number of ether oxygens (including phenoxy) is 2. The molecule has 2 aliphatic heterocycles. The molecule has 2 unspecified atom stereocenters. The molecule has 17 nitrogen and oxygen atoms in total. The van der Waals surface area contributed by atoms with Crippen LogP contribution in [0.3, 0.4) is 0 Å². The lowest BCUT2D eigenvalue weighted by atomic mass is 9.98. The Hall–Kier alpha value is -2.23. The smallest absolute Gasteiger partial charge is 0.173 e. The van der Waals surface area contributed by atoms with Gasteiger partial charge in [-0.25, -0.2) is 15.0 Å². The molecule has 2 saturated heterocycles. The molecular formula is C21H35N7O10S. The lowest BCUT2D eigenvalue weighted by Crippen LogP contribution is -2.61. The van der Waals surface area contributed by atoms with Crippen molar-refractivity contribution < 1.29 is 50.0 Å². The van der Waals surface area contributed by atoms with Gasteiger partial charge in [0.1, 0.15) is 60.0 Å². The Kier molecular flexibility index (Phi) is 10.8. The Morgan fingerprint density at radius 3 is 2.41 bits per heavy atom. The van der Waals surface area contributed by atoms with E-state index in [-0.39, 0.29) is 23.1 Å². The zero-order chi connectivity index (χ0) is 29.0. The first-order valence-corrected chi connectivity index (χ1v) is 13.9. The number of aliphatic hydroxyl groups excluding tert-OH is 6. The minimum absolute atomic E-state index is 0.211. The van der Waals surface area contributed by atoms with Crippen molar-refractivity contribution in [2.24, 2.45) is 11.5 Å². The Morgan fingerprint density at radius 1 is 1.10 bits per heavy atom. The van der Waals surface area contributed by atoms with E-state index in [1.807, 2.05) is 6.26 Å². The summed E-state index contributed by atoms with van der Waals surface area (Å²) < 4.78 is 12.1. The molecule has 0 amide bonds. The first-order valence-electron chi connectivity index (χ1n) is 11.9. The van der Waals surface area contributed by atoms with Gasteiger partial charge in [-0.15, -0.1) is 0 Å². The van der Waals surface area contributed by atoms with E-state index in [0.717, 1.165) is 0 Å². The number of aromatic nitrogens is 4. The molecule has 2 aromatic heterocycles. The molecule has 0 saturated carbocycles. The molecular weight excluding hydrogens is 542 g/mol. The molecule has 2 aliphatic rings. The zero-order valence-electron chi connectivity index (χ0n) is 21.0. The number of aliphatic hydroxyl groups is 6. The van der Waals surface area contributed by atoms with Gasteiger partial charge in [-0.1, -0.05) is 0 Å². The number of fused-ring (bicyclic) bond motifs is 1. The molecule has 18 heteroatoms. The number of nitrogens with two attached hydrogens (primary N) is 3. The third-order valence-electron chi connectivity index (χ3n) is 6.48. The standard InChI is InChI=1S/C15H22N6O5S.C6H13NO5/c1-27(3-2-7(16)15(24)25)4-8-10(22)11(23)14(26-8)21-6-20-9-12(17)18-5-19-13(9)21;7-3-5(10)4(9)2(1-8)12-6(3)11/h5-8,10-11,14,22-23H,2-4,16H2,1H3,(H2-,17,18,19,24,25);2-6,8-11H,1,7H2/t7-,8+,10+,11+,14+,27?;2-,3-,4-,5-,6?/m01/s1. The highest BCUT2D eigenvalue weighted by molar-refractivity contribution is 7.96. The second-order valence-corrected chi connectivity index (χ2v) is 11.6. The molecule has 2 fully saturated rings. The van der Waals surface area contributed by atoms with Crippen LogP contribution < -0.4 is 22.3 Å². The number of carboxylic acids is 1.